The number of fused-ring (bicyclic) bond motifs is 2. The molecule has 0 aliphatic heterocycles. The van der Waals surface area contributed by atoms with Gasteiger partial charge in [-0.25, -0.2) is 4.68 Å². The van der Waals surface area contributed by atoms with Gasteiger partial charge in [-0.3, -0.25) is 14.4 Å². The predicted octanol–water partition coefficient (Wildman–Crippen LogP) is 3.17. The van der Waals surface area contributed by atoms with Crippen LogP contribution in [0.5, 0.6) is 5.75 Å². The number of nitrogen functional groups attached to an aromatic ring is 1. The minimum Gasteiger partial charge on any atom is -0.496 e. The van der Waals surface area contributed by atoms with Crippen molar-refractivity contribution in [1.29, 1.82) is 0 Å². The predicted molar refractivity (Wildman–Crippen MR) is 131 cm³/mol. The Hall–Kier alpha value is -4.44. The Kier molecular flexibility index (Phi) is 5.79. The molecule has 3 aromatic carbocycles. The molecule has 1 aliphatic rings. The highest BCUT2D eigenvalue weighted by atomic mass is 32.2. The number of rotatable bonds is 6. The average molecular weight is 486 g/mol. The second-order valence-electron chi connectivity index (χ2n) is 7.68. The molecule has 10 heteroatoms. The highest BCUT2D eigenvalue weighted by molar-refractivity contribution is 7.99. The van der Waals surface area contributed by atoms with Crippen LogP contribution in [-0.2, 0) is 4.79 Å². The van der Waals surface area contributed by atoms with Crippen molar-refractivity contribution in [3.8, 4) is 17.1 Å². The van der Waals surface area contributed by atoms with E-state index < -0.39 is 0 Å². The summed E-state index contributed by atoms with van der Waals surface area (Å²) in [7, 11) is 1.55. The summed E-state index contributed by atoms with van der Waals surface area (Å²) in [5, 5.41) is 11.3. The van der Waals surface area contributed by atoms with Crippen LogP contribution in [-0.4, -0.2) is 45.2 Å². The molecule has 0 spiro atoms. The highest BCUT2D eigenvalue weighted by Gasteiger charge is 2.29. The lowest BCUT2D eigenvalue weighted by molar-refractivity contribution is -0.113. The van der Waals surface area contributed by atoms with E-state index in [0.29, 0.717) is 44.7 Å². The van der Waals surface area contributed by atoms with Crippen LogP contribution < -0.4 is 15.9 Å². The van der Waals surface area contributed by atoms with E-state index in [1.807, 2.05) is 18.2 Å². The lowest BCUT2D eigenvalue weighted by atomic mass is 9.84. The van der Waals surface area contributed by atoms with Gasteiger partial charge in [-0.1, -0.05) is 48.2 Å². The van der Waals surface area contributed by atoms with Crippen molar-refractivity contribution >= 4 is 34.9 Å². The van der Waals surface area contributed by atoms with Gasteiger partial charge in [0.05, 0.1) is 18.4 Å². The van der Waals surface area contributed by atoms with Crippen LogP contribution in [0.25, 0.3) is 11.4 Å². The molecule has 3 N–H and O–H groups in total. The molecule has 0 saturated heterocycles. The molecule has 0 atom stereocenters. The number of benzene rings is 3. The Morgan fingerprint density at radius 2 is 1.54 bits per heavy atom. The SMILES string of the molecule is COc1ccccc1-c1nnc(SCC(=O)Nc2ccc3c(c2)C(=O)c2ccccc2C3=O)n1N. The van der Waals surface area contributed by atoms with Crippen LogP contribution in [0.1, 0.15) is 31.8 Å². The van der Waals surface area contributed by atoms with Crippen molar-refractivity contribution in [1.82, 2.24) is 14.9 Å². The zero-order valence-corrected chi connectivity index (χ0v) is 19.3. The smallest absolute Gasteiger partial charge is 0.234 e. The van der Waals surface area contributed by atoms with Crippen molar-refractivity contribution in [2.75, 3.05) is 24.0 Å². The van der Waals surface area contributed by atoms with Gasteiger partial charge in [-0.05, 0) is 30.3 Å². The van der Waals surface area contributed by atoms with E-state index in [1.165, 1.54) is 10.7 Å². The molecule has 0 radical (unpaired) electrons. The number of nitrogens with two attached hydrogens (primary N) is 1. The maximum Gasteiger partial charge on any atom is 0.234 e. The standard InChI is InChI=1S/C25H19N5O4S/c1-34-20-9-5-4-8-18(20)24-28-29-25(30(24)26)35-13-21(31)27-14-10-11-17-19(12-14)23(33)16-7-3-2-6-15(16)22(17)32/h2-12H,13,26H2,1H3,(H,27,31). The zero-order chi connectivity index (χ0) is 24.5. The van der Waals surface area contributed by atoms with Gasteiger partial charge in [0.1, 0.15) is 5.75 Å². The Morgan fingerprint density at radius 1 is 0.914 bits per heavy atom. The summed E-state index contributed by atoms with van der Waals surface area (Å²) in [6.07, 6.45) is 0. The fourth-order valence-corrected chi connectivity index (χ4v) is 4.55. The number of methoxy groups -OCH3 is 1. The maximum atomic E-state index is 12.9. The summed E-state index contributed by atoms with van der Waals surface area (Å²) in [5.74, 6) is 6.38. The molecule has 4 aromatic rings. The van der Waals surface area contributed by atoms with Crippen molar-refractivity contribution in [3.63, 3.8) is 0 Å². The minimum atomic E-state index is -0.327. The normalized spacial score (nSPS) is 12.1. The third kappa shape index (κ3) is 4.04. The average Bonchev–Trinajstić information content (AvgIpc) is 3.25. The zero-order valence-electron chi connectivity index (χ0n) is 18.5. The monoisotopic (exact) mass is 485 g/mol. The van der Waals surface area contributed by atoms with E-state index in [-0.39, 0.29) is 28.8 Å². The van der Waals surface area contributed by atoms with Crippen molar-refractivity contribution in [2.45, 2.75) is 5.16 Å². The molecule has 174 valence electrons. The lowest BCUT2D eigenvalue weighted by Gasteiger charge is -2.18. The summed E-state index contributed by atoms with van der Waals surface area (Å²) in [4.78, 5) is 38.2. The van der Waals surface area contributed by atoms with E-state index in [0.717, 1.165) is 11.8 Å². The summed E-state index contributed by atoms with van der Waals surface area (Å²) in [5.41, 5.74) is 2.42. The van der Waals surface area contributed by atoms with Crippen molar-refractivity contribution in [2.24, 2.45) is 0 Å². The lowest BCUT2D eigenvalue weighted by Crippen LogP contribution is -2.22. The van der Waals surface area contributed by atoms with Crippen LogP contribution in [0.2, 0.25) is 0 Å². The third-order valence-corrected chi connectivity index (χ3v) is 6.50. The molecule has 5 rings (SSSR count). The molecule has 0 saturated carbocycles. The number of aromatic nitrogens is 3. The van der Waals surface area contributed by atoms with Gasteiger partial charge in [0.15, 0.2) is 17.4 Å². The molecule has 1 aliphatic carbocycles. The van der Waals surface area contributed by atoms with Gasteiger partial charge in [0.2, 0.25) is 11.1 Å². The number of nitrogens with one attached hydrogen (secondary N) is 1. The van der Waals surface area contributed by atoms with E-state index in [9.17, 15) is 14.4 Å². The maximum absolute atomic E-state index is 12.9. The molecule has 0 unspecified atom stereocenters. The Balaban J connectivity index is 1.29. The summed E-state index contributed by atoms with van der Waals surface area (Å²) in [6, 6.07) is 18.7. The van der Waals surface area contributed by atoms with Crippen LogP contribution in [0.4, 0.5) is 5.69 Å². The fraction of sp³-hybridized carbons (Fsp3) is 0.0800. The Bertz CT molecular complexity index is 1500. The first-order chi connectivity index (χ1) is 17.0. The van der Waals surface area contributed by atoms with Crippen molar-refractivity contribution < 1.29 is 19.1 Å². The number of carbonyl (C=O) groups is 3. The summed E-state index contributed by atoms with van der Waals surface area (Å²) >= 11 is 1.11. The van der Waals surface area contributed by atoms with E-state index in [2.05, 4.69) is 15.5 Å². The Labute approximate surface area is 204 Å². The quantitative estimate of drug-likeness (QED) is 0.277. The van der Waals surface area contributed by atoms with Gasteiger partial charge in [0, 0.05) is 27.9 Å². The number of ketones is 2. The second kappa shape index (κ2) is 9.07. The van der Waals surface area contributed by atoms with Gasteiger partial charge < -0.3 is 15.9 Å². The van der Waals surface area contributed by atoms with Crippen LogP contribution in [0.15, 0.2) is 71.9 Å². The van der Waals surface area contributed by atoms with E-state index >= 15 is 0 Å². The molecule has 0 fully saturated rings. The van der Waals surface area contributed by atoms with Gasteiger partial charge in [-0.15, -0.1) is 10.2 Å². The number of hydrogen-bond acceptors (Lipinski definition) is 8. The topological polar surface area (TPSA) is 129 Å². The molecule has 35 heavy (non-hydrogen) atoms. The van der Waals surface area contributed by atoms with Crippen molar-refractivity contribution in [3.05, 3.63) is 89.0 Å². The number of anilines is 1. The van der Waals surface area contributed by atoms with Crippen LogP contribution >= 0.6 is 11.8 Å². The molecule has 9 nitrogen and oxygen atoms in total. The number of amides is 1. The second-order valence-corrected chi connectivity index (χ2v) is 8.62. The number of ether oxygens (including phenoxy) is 1. The number of carbonyl (C=O) groups excluding carboxylic acids is 3. The Morgan fingerprint density at radius 3 is 2.26 bits per heavy atom. The molecule has 1 amide bonds. The van der Waals surface area contributed by atoms with Crippen LogP contribution in [0, 0.1) is 0 Å². The largest absolute Gasteiger partial charge is 0.496 e. The highest BCUT2D eigenvalue weighted by Crippen LogP contribution is 2.31. The molecule has 1 aromatic heterocycles. The molecule has 1 heterocycles. The van der Waals surface area contributed by atoms with E-state index in [4.69, 9.17) is 10.6 Å². The van der Waals surface area contributed by atoms with Gasteiger partial charge in [0.25, 0.3) is 0 Å². The molecule has 0 bridgehead atoms. The number of hydrogen-bond donors (Lipinski definition) is 2. The first-order valence-electron chi connectivity index (χ1n) is 10.6. The van der Waals surface area contributed by atoms with Crippen LogP contribution in [0.3, 0.4) is 0 Å². The first kappa shape index (κ1) is 22.4. The van der Waals surface area contributed by atoms with Gasteiger partial charge in [-0.2, -0.15) is 0 Å². The minimum absolute atomic E-state index is 0.00799. The summed E-state index contributed by atoms with van der Waals surface area (Å²) < 4.78 is 6.65. The fourth-order valence-electron chi connectivity index (χ4n) is 3.89. The third-order valence-electron chi connectivity index (χ3n) is 5.55. The summed E-state index contributed by atoms with van der Waals surface area (Å²) in [6.45, 7) is 0. The number of para-hydroxylation sites is 1. The number of thioether (sulfide) groups is 1. The number of nitrogens with zero attached hydrogens (tertiary/aromatic N) is 3. The first-order valence-corrected chi connectivity index (χ1v) is 11.6. The molecular formula is C25H19N5O4S. The molecular weight excluding hydrogens is 466 g/mol. The van der Waals surface area contributed by atoms with E-state index in [1.54, 1.807) is 49.6 Å². The van der Waals surface area contributed by atoms with Gasteiger partial charge >= 0.3 is 0 Å².